The number of hydrogen-bond donors (Lipinski definition) is 2. The van der Waals surface area contributed by atoms with Crippen molar-refractivity contribution in [3.05, 3.63) is 34.1 Å². The van der Waals surface area contributed by atoms with Gasteiger partial charge in [0.25, 0.3) is 0 Å². The van der Waals surface area contributed by atoms with Crippen molar-refractivity contribution in [2.75, 3.05) is 27.2 Å². The Kier molecular flexibility index (Phi) is 6.92. The lowest BCUT2D eigenvalue weighted by Crippen LogP contribution is -2.27. The van der Waals surface area contributed by atoms with E-state index in [0.717, 1.165) is 36.5 Å². The van der Waals surface area contributed by atoms with Crippen LogP contribution in [0.25, 0.3) is 11.1 Å². The molecule has 2 N–H and O–H groups in total. The van der Waals surface area contributed by atoms with Gasteiger partial charge in [-0.3, -0.25) is 10.00 Å². The average molecular weight is 371 g/mol. The smallest absolute Gasteiger partial charge is 0.156 e. The van der Waals surface area contributed by atoms with Crippen LogP contribution in [0.3, 0.4) is 0 Å². The highest BCUT2D eigenvalue weighted by atomic mass is 35.5. The van der Waals surface area contributed by atoms with E-state index in [0.29, 0.717) is 15.8 Å². The first-order valence-electron chi connectivity index (χ1n) is 7.94. The zero-order valence-corrected chi connectivity index (χ0v) is 16.0. The van der Waals surface area contributed by atoms with E-state index in [1.54, 1.807) is 0 Å². The molecule has 1 aromatic carbocycles. The summed E-state index contributed by atoms with van der Waals surface area (Å²) in [6.45, 7) is 6.48. The average Bonchev–Trinajstić information content (AvgIpc) is 2.96. The maximum absolute atomic E-state index is 6.36. The molecule has 1 aromatic heterocycles. The minimum Gasteiger partial charge on any atom is -0.488 e. The minimum atomic E-state index is 0.0103. The van der Waals surface area contributed by atoms with Crippen molar-refractivity contribution < 1.29 is 4.74 Å². The summed E-state index contributed by atoms with van der Waals surface area (Å²) in [5, 5.41) is 11.4. The van der Waals surface area contributed by atoms with Crippen molar-refractivity contribution >= 4 is 23.2 Å². The highest BCUT2D eigenvalue weighted by Gasteiger charge is 2.16. The Labute approximate surface area is 153 Å². The lowest BCUT2D eigenvalue weighted by atomic mass is 10.1. The first-order valence-corrected chi connectivity index (χ1v) is 8.69. The Hall–Kier alpha value is -1.27. The Bertz CT molecular complexity index is 649. The molecule has 2 aromatic rings. The van der Waals surface area contributed by atoms with E-state index >= 15 is 0 Å². The van der Waals surface area contributed by atoms with Crippen LogP contribution in [-0.2, 0) is 6.54 Å². The van der Waals surface area contributed by atoms with Crippen molar-refractivity contribution in [2.45, 2.75) is 26.5 Å². The summed E-state index contributed by atoms with van der Waals surface area (Å²) in [7, 11) is 4.01. The van der Waals surface area contributed by atoms with Crippen LogP contribution in [0, 0.1) is 0 Å². The van der Waals surface area contributed by atoms with Crippen LogP contribution in [0.1, 0.15) is 19.5 Å². The predicted molar refractivity (Wildman–Crippen MR) is 100 cm³/mol. The molecule has 0 aliphatic carbocycles. The van der Waals surface area contributed by atoms with Gasteiger partial charge in [0.2, 0.25) is 0 Å². The lowest BCUT2D eigenvalue weighted by Gasteiger charge is -2.17. The maximum atomic E-state index is 6.36. The highest BCUT2D eigenvalue weighted by Crippen LogP contribution is 2.38. The molecule has 0 bridgehead atoms. The van der Waals surface area contributed by atoms with Crippen LogP contribution in [0.4, 0.5) is 0 Å². The number of ether oxygens (including phenoxy) is 1. The fourth-order valence-corrected chi connectivity index (χ4v) is 2.97. The van der Waals surface area contributed by atoms with E-state index in [1.165, 1.54) is 0 Å². The normalized spacial score (nSPS) is 11.5. The maximum Gasteiger partial charge on any atom is 0.156 e. The van der Waals surface area contributed by atoms with Crippen LogP contribution in [0.5, 0.6) is 5.75 Å². The van der Waals surface area contributed by atoms with Crippen molar-refractivity contribution in [3.63, 3.8) is 0 Å². The van der Waals surface area contributed by atoms with Crippen LogP contribution in [0.15, 0.2) is 18.3 Å². The Morgan fingerprint density at radius 2 is 1.96 bits per heavy atom. The number of rotatable bonds is 8. The number of nitrogens with one attached hydrogen (secondary N) is 2. The second-order valence-corrected chi connectivity index (χ2v) is 6.84. The molecule has 2 rings (SSSR count). The molecule has 0 atom stereocenters. The molecule has 0 unspecified atom stereocenters. The Morgan fingerprint density at radius 3 is 2.54 bits per heavy atom. The second-order valence-electron chi connectivity index (χ2n) is 6.02. The fraction of sp³-hybridized carbons (Fsp3) is 0.471. The quantitative estimate of drug-likeness (QED) is 0.741. The number of aromatic amines is 1. The number of halogens is 2. The van der Waals surface area contributed by atoms with Gasteiger partial charge in [0.1, 0.15) is 0 Å². The van der Waals surface area contributed by atoms with Gasteiger partial charge < -0.3 is 10.1 Å². The number of likely N-dealkylation sites (N-methyl/N-ethyl adjacent to an activating group) is 2. The molecule has 0 aliphatic heterocycles. The predicted octanol–water partition coefficient (Wildman–Crippen LogP) is 3.82. The summed E-state index contributed by atoms with van der Waals surface area (Å²) >= 11 is 12.7. The van der Waals surface area contributed by atoms with E-state index in [4.69, 9.17) is 27.9 Å². The molecule has 0 aliphatic rings. The number of benzene rings is 1. The molecule has 0 saturated carbocycles. The Balaban J connectivity index is 2.25. The van der Waals surface area contributed by atoms with Crippen LogP contribution < -0.4 is 10.1 Å². The molecule has 0 saturated heterocycles. The second kappa shape index (κ2) is 8.72. The highest BCUT2D eigenvalue weighted by molar-refractivity contribution is 6.37. The van der Waals surface area contributed by atoms with Gasteiger partial charge in [0, 0.05) is 31.4 Å². The summed E-state index contributed by atoms with van der Waals surface area (Å²) in [6.07, 6.45) is 1.88. The molecule has 5 nitrogen and oxygen atoms in total. The SMILES string of the molecule is CNCCN(C)Cc1n[nH]cc1-c1cc(Cl)c(OC(C)C)c(Cl)c1. The zero-order valence-electron chi connectivity index (χ0n) is 14.5. The summed E-state index contributed by atoms with van der Waals surface area (Å²) < 4.78 is 5.68. The van der Waals surface area contributed by atoms with Gasteiger partial charge in [-0.2, -0.15) is 5.10 Å². The summed E-state index contributed by atoms with van der Waals surface area (Å²) in [4.78, 5) is 2.20. The number of aromatic nitrogens is 2. The molecule has 7 heteroatoms. The van der Waals surface area contributed by atoms with E-state index in [-0.39, 0.29) is 6.10 Å². The number of H-pyrrole nitrogens is 1. The monoisotopic (exact) mass is 370 g/mol. The van der Waals surface area contributed by atoms with Crippen LogP contribution in [0.2, 0.25) is 10.0 Å². The number of nitrogens with zero attached hydrogens (tertiary/aromatic N) is 2. The van der Waals surface area contributed by atoms with E-state index in [9.17, 15) is 0 Å². The fourth-order valence-electron chi connectivity index (χ4n) is 2.39. The minimum absolute atomic E-state index is 0.0103. The Morgan fingerprint density at radius 1 is 1.29 bits per heavy atom. The third-order valence-electron chi connectivity index (χ3n) is 3.55. The molecule has 0 fully saturated rings. The number of hydrogen-bond acceptors (Lipinski definition) is 4. The zero-order chi connectivity index (χ0) is 17.7. The standard InChI is InChI=1S/C17H24Cl2N4O/c1-11(2)24-17-14(18)7-12(8-15(17)19)13-9-21-22-16(13)10-23(4)6-5-20-3/h7-9,11,20H,5-6,10H2,1-4H3,(H,21,22). The molecule has 1 heterocycles. The summed E-state index contributed by atoms with van der Waals surface area (Å²) in [5.74, 6) is 0.522. The van der Waals surface area contributed by atoms with Crippen molar-refractivity contribution in [2.24, 2.45) is 0 Å². The summed E-state index contributed by atoms with van der Waals surface area (Å²) in [5.41, 5.74) is 2.87. The topological polar surface area (TPSA) is 53.2 Å². The molecule has 132 valence electrons. The van der Waals surface area contributed by atoms with Gasteiger partial charge in [-0.25, -0.2) is 0 Å². The summed E-state index contributed by atoms with van der Waals surface area (Å²) in [6, 6.07) is 3.74. The van der Waals surface area contributed by atoms with Gasteiger partial charge >= 0.3 is 0 Å². The molecule has 0 radical (unpaired) electrons. The largest absolute Gasteiger partial charge is 0.488 e. The van der Waals surface area contributed by atoms with Gasteiger partial charge in [0.15, 0.2) is 5.75 Å². The van der Waals surface area contributed by atoms with E-state index in [2.05, 4.69) is 27.5 Å². The van der Waals surface area contributed by atoms with E-state index < -0.39 is 0 Å². The first kappa shape index (κ1) is 19.1. The van der Waals surface area contributed by atoms with Gasteiger partial charge in [0.05, 0.1) is 21.8 Å². The molecule has 0 amide bonds. The van der Waals surface area contributed by atoms with Gasteiger partial charge in [-0.1, -0.05) is 23.2 Å². The van der Waals surface area contributed by atoms with Crippen molar-refractivity contribution in [3.8, 4) is 16.9 Å². The molecule has 24 heavy (non-hydrogen) atoms. The molecular formula is C17H24Cl2N4O. The van der Waals surface area contributed by atoms with Crippen LogP contribution in [-0.4, -0.2) is 48.4 Å². The van der Waals surface area contributed by atoms with Crippen molar-refractivity contribution in [1.82, 2.24) is 20.4 Å². The van der Waals surface area contributed by atoms with Crippen molar-refractivity contribution in [1.29, 1.82) is 0 Å². The lowest BCUT2D eigenvalue weighted by molar-refractivity contribution is 0.243. The van der Waals surface area contributed by atoms with Crippen LogP contribution >= 0.6 is 23.2 Å². The molecular weight excluding hydrogens is 347 g/mol. The van der Waals surface area contributed by atoms with Gasteiger partial charge in [-0.05, 0) is 45.6 Å². The third kappa shape index (κ3) is 4.86. The first-order chi connectivity index (χ1) is 11.4. The molecule has 0 spiro atoms. The van der Waals surface area contributed by atoms with E-state index in [1.807, 2.05) is 39.2 Å². The van der Waals surface area contributed by atoms with Gasteiger partial charge in [-0.15, -0.1) is 0 Å². The third-order valence-corrected chi connectivity index (χ3v) is 4.11.